The normalized spacial score (nSPS) is 10.6. The summed E-state index contributed by atoms with van der Waals surface area (Å²) in [4.78, 5) is 35.5. The largest absolute Gasteiger partial charge is 0.456 e. The Labute approximate surface area is 165 Å². The summed E-state index contributed by atoms with van der Waals surface area (Å²) in [5, 5.41) is 7.87. The van der Waals surface area contributed by atoms with Crippen molar-refractivity contribution in [2.24, 2.45) is 0 Å². The monoisotopic (exact) mass is 399 g/mol. The molecule has 3 rings (SSSR count). The third-order valence-electron chi connectivity index (χ3n) is 4.06. The molecule has 0 fully saturated rings. The van der Waals surface area contributed by atoms with Gasteiger partial charge in [-0.2, -0.15) is 5.10 Å². The Bertz CT molecular complexity index is 1050. The number of hydrogen-bond acceptors (Lipinski definition) is 5. The second-order valence-electron chi connectivity index (χ2n) is 6.06. The predicted octanol–water partition coefficient (Wildman–Crippen LogP) is 2.30. The molecule has 2 aromatic carbocycles. The Hall–Kier alpha value is -3.19. The van der Waals surface area contributed by atoms with Crippen LogP contribution >= 0.6 is 11.6 Å². The van der Waals surface area contributed by atoms with Crippen LogP contribution in [0.1, 0.15) is 12.0 Å². The Morgan fingerprint density at radius 3 is 2.64 bits per heavy atom. The van der Waals surface area contributed by atoms with Crippen LogP contribution in [0.15, 0.2) is 59.5 Å². The summed E-state index contributed by atoms with van der Waals surface area (Å²) >= 11 is 5.81. The van der Waals surface area contributed by atoms with E-state index < -0.39 is 11.9 Å². The molecule has 1 amide bonds. The SMILES string of the molecule is O=C(COC(=O)CCn1ncc(=O)c2ccccc21)NCc1ccc(Cl)cc1. The minimum atomic E-state index is -0.522. The number of halogens is 1. The van der Waals surface area contributed by atoms with Gasteiger partial charge in [0.15, 0.2) is 6.61 Å². The molecule has 0 aliphatic carbocycles. The first-order valence-corrected chi connectivity index (χ1v) is 9.02. The highest BCUT2D eigenvalue weighted by Gasteiger charge is 2.10. The molecule has 8 heteroatoms. The maximum Gasteiger partial charge on any atom is 0.308 e. The van der Waals surface area contributed by atoms with Crippen LogP contribution in [0, 0.1) is 0 Å². The molecule has 0 radical (unpaired) electrons. The van der Waals surface area contributed by atoms with Crippen molar-refractivity contribution in [1.29, 1.82) is 0 Å². The number of aryl methyl sites for hydroxylation is 1. The van der Waals surface area contributed by atoms with E-state index in [0.29, 0.717) is 22.5 Å². The maximum atomic E-state index is 11.9. The van der Waals surface area contributed by atoms with Gasteiger partial charge in [0.1, 0.15) is 0 Å². The van der Waals surface area contributed by atoms with Crippen molar-refractivity contribution in [3.63, 3.8) is 0 Å². The molecular formula is C20H18ClN3O4. The first kappa shape index (κ1) is 19.6. The number of fused-ring (bicyclic) bond motifs is 1. The van der Waals surface area contributed by atoms with Crippen molar-refractivity contribution in [3.8, 4) is 0 Å². The highest BCUT2D eigenvalue weighted by Crippen LogP contribution is 2.10. The fourth-order valence-corrected chi connectivity index (χ4v) is 2.73. The first-order chi connectivity index (χ1) is 13.5. The van der Waals surface area contributed by atoms with Gasteiger partial charge in [-0.25, -0.2) is 0 Å². The van der Waals surface area contributed by atoms with Gasteiger partial charge in [-0.3, -0.25) is 19.1 Å². The van der Waals surface area contributed by atoms with Gasteiger partial charge >= 0.3 is 5.97 Å². The molecule has 0 saturated carbocycles. The van der Waals surface area contributed by atoms with Crippen molar-refractivity contribution < 1.29 is 14.3 Å². The number of nitrogens with zero attached hydrogens (tertiary/aromatic N) is 2. The standard InChI is InChI=1S/C20H18ClN3O4/c21-15-7-5-14(6-8-15)11-22-19(26)13-28-20(27)9-10-24-17-4-2-1-3-16(17)18(25)12-23-24/h1-8,12H,9-11,13H2,(H,22,26). The number of carbonyl (C=O) groups is 2. The van der Waals surface area contributed by atoms with Gasteiger partial charge in [0.25, 0.3) is 5.91 Å². The van der Waals surface area contributed by atoms with Crippen LogP contribution in [0.4, 0.5) is 0 Å². The number of aromatic nitrogens is 2. The van der Waals surface area contributed by atoms with Crippen LogP contribution in [-0.4, -0.2) is 28.3 Å². The number of esters is 1. The molecule has 7 nitrogen and oxygen atoms in total. The van der Waals surface area contributed by atoms with E-state index in [9.17, 15) is 14.4 Å². The van der Waals surface area contributed by atoms with Gasteiger partial charge in [-0.1, -0.05) is 35.9 Å². The molecule has 0 aliphatic rings. The van der Waals surface area contributed by atoms with E-state index in [-0.39, 0.29) is 25.0 Å². The van der Waals surface area contributed by atoms with E-state index in [0.717, 1.165) is 5.56 Å². The highest BCUT2D eigenvalue weighted by molar-refractivity contribution is 6.30. The van der Waals surface area contributed by atoms with Crippen LogP contribution in [0.25, 0.3) is 10.9 Å². The number of ether oxygens (including phenoxy) is 1. The summed E-state index contributed by atoms with van der Waals surface area (Å²) in [5.74, 6) is -0.915. The van der Waals surface area contributed by atoms with Crippen molar-refractivity contribution >= 4 is 34.4 Å². The molecule has 0 atom stereocenters. The number of rotatable bonds is 7. The van der Waals surface area contributed by atoms with Crippen LogP contribution in [0.3, 0.4) is 0 Å². The summed E-state index contributed by atoms with van der Waals surface area (Å²) in [5.41, 5.74) is 1.36. The zero-order valence-corrected chi connectivity index (χ0v) is 15.7. The number of amides is 1. The maximum absolute atomic E-state index is 11.9. The molecular weight excluding hydrogens is 382 g/mol. The van der Waals surface area contributed by atoms with E-state index in [1.165, 1.54) is 6.20 Å². The van der Waals surface area contributed by atoms with Crippen LogP contribution in [0.2, 0.25) is 5.02 Å². The van der Waals surface area contributed by atoms with Gasteiger partial charge in [-0.15, -0.1) is 0 Å². The molecule has 144 valence electrons. The molecule has 0 aliphatic heterocycles. The van der Waals surface area contributed by atoms with E-state index in [1.807, 2.05) is 0 Å². The van der Waals surface area contributed by atoms with Crippen LogP contribution in [-0.2, 0) is 27.4 Å². The lowest BCUT2D eigenvalue weighted by Crippen LogP contribution is -2.28. The zero-order chi connectivity index (χ0) is 19.9. The summed E-state index contributed by atoms with van der Waals surface area (Å²) in [7, 11) is 0. The Balaban J connectivity index is 1.46. The average molecular weight is 400 g/mol. The predicted molar refractivity (Wildman–Crippen MR) is 105 cm³/mol. The molecule has 1 aromatic heterocycles. The number of para-hydroxylation sites is 1. The van der Waals surface area contributed by atoms with Gasteiger partial charge in [-0.05, 0) is 29.8 Å². The lowest BCUT2D eigenvalue weighted by Gasteiger charge is -2.09. The number of benzene rings is 2. The summed E-state index contributed by atoms with van der Waals surface area (Å²) in [6.07, 6.45) is 1.25. The summed E-state index contributed by atoms with van der Waals surface area (Å²) in [6, 6.07) is 14.1. The van der Waals surface area contributed by atoms with E-state index >= 15 is 0 Å². The minimum absolute atomic E-state index is 0.0321. The Morgan fingerprint density at radius 2 is 1.86 bits per heavy atom. The molecule has 0 bridgehead atoms. The van der Waals surface area contributed by atoms with Gasteiger partial charge in [0, 0.05) is 17.0 Å². The van der Waals surface area contributed by atoms with E-state index in [2.05, 4.69) is 10.4 Å². The quantitative estimate of drug-likeness (QED) is 0.615. The topological polar surface area (TPSA) is 90.3 Å². The first-order valence-electron chi connectivity index (χ1n) is 8.64. The Kier molecular flexibility index (Phi) is 6.39. The van der Waals surface area contributed by atoms with Crippen molar-refractivity contribution in [2.75, 3.05) is 6.61 Å². The van der Waals surface area contributed by atoms with Crippen LogP contribution < -0.4 is 10.7 Å². The second kappa shape index (κ2) is 9.14. The minimum Gasteiger partial charge on any atom is -0.456 e. The van der Waals surface area contributed by atoms with E-state index in [1.54, 1.807) is 53.2 Å². The molecule has 0 saturated heterocycles. The third-order valence-corrected chi connectivity index (χ3v) is 4.31. The van der Waals surface area contributed by atoms with Crippen molar-refractivity contribution in [3.05, 3.63) is 75.5 Å². The lowest BCUT2D eigenvalue weighted by atomic mass is 10.2. The van der Waals surface area contributed by atoms with E-state index in [4.69, 9.17) is 16.3 Å². The molecule has 0 spiro atoms. The average Bonchev–Trinajstić information content (AvgIpc) is 2.71. The fraction of sp³-hybridized carbons (Fsp3) is 0.200. The lowest BCUT2D eigenvalue weighted by molar-refractivity contribution is -0.148. The summed E-state index contributed by atoms with van der Waals surface area (Å²) in [6.45, 7) is 0.206. The third kappa shape index (κ3) is 5.17. The highest BCUT2D eigenvalue weighted by atomic mass is 35.5. The molecule has 1 N–H and O–H groups in total. The van der Waals surface area contributed by atoms with Crippen LogP contribution in [0.5, 0.6) is 0 Å². The van der Waals surface area contributed by atoms with Gasteiger partial charge in [0.2, 0.25) is 5.43 Å². The number of carbonyl (C=O) groups excluding carboxylic acids is 2. The van der Waals surface area contributed by atoms with Gasteiger partial charge in [0.05, 0.1) is 24.7 Å². The summed E-state index contributed by atoms with van der Waals surface area (Å²) < 4.78 is 6.56. The smallest absolute Gasteiger partial charge is 0.308 e. The molecule has 28 heavy (non-hydrogen) atoms. The van der Waals surface area contributed by atoms with Gasteiger partial charge < -0.3 is 10.1 Å². The molecule has 0 unspecified atom stereocenters. The fourth-order valence-electron chi connectivity index (χ4n) is 2.61. The molecule has 3 aromatic rings. The Morgan fingerprint density at radius 1 is 1.11 bits per heavy atom. The number of nitrogens with one attached hydrogen (secondary N) is 1. The van der Waals surface area contributed by atoms with Crippen molar-refractivity contribution in [2.45, 2.75) is 19.5 Å². The molecule has 1 heterocycles. The van der Waals surface area contributed by atoms with Crippen molar-refractivity contribution in [1.82, 2.24) is 15.1 Å². The number of hydrogen-bond donors (Lipinski definition) is 1. The second-order valence-corrected chi connectivity index (χ2v) is 6.50. The zero-order valence-electron chi connectivity index (χ0n) is 14.9.